The molecule has 8 nitrogen and oxygen atoms in total. The Labute approximate surface area is 143 Å². The number of hydrogen-bond donors (Lipinski definition) is 1. The van der Waals surface area contributed by atoms with Gasteiger partial charge in [-0.05, 0) is 39.8 Å². The van der Waals surface area contributed by atoms with Gasteiger partial charge in [0, 0.05) is 18.1 Å². The van der Waals surface area contributed by atoms with Gasteiger partial charge in [0.15, 0.2) is 0 Å². The summed E-state index contributed by atoms with van der Waals surface area (Å²) >= 11 is 0. The molecule has 0 radical (unpaired) electrons. The highest BCUT2D eigenvalue weighted by Gasteiger charge is 2.51. The van der Waals surface area contributed by atoms with Crippen LogP contribution in [-0.4, -0.2) is 36.9 Å². The summed E-state index contributed by atoms with van der Waals surface area (Å²) in [5.74, 6) is 0. The van der Waals surface area contributed by atoms with E-state index >= 15 is 0 Å². The van der Waals surface area contributed by atoms with E-state index in [0.717, 1.165) is 0 Å². The number of hydrogen-bond acceptors (Lipinski definition) is 8. The molecule has 0 aliphatic rings. The van der Waals surface area contributed by atoms with Crippen molar-refractivity contribution in [3.8, 4) is 0 Å². The van der Waals surface area contributed by atoms with Crippen LogP contribution < -0.4 is 5.32 Å². The first-order chi connectivity index (χ1) is 11.5. The van der Waals surface area contributed by atoms with Gasteiger partial charge in [0.2, 0.25) is 5.52 Å². The predicted molar refractivity (Wildman–Crippen MR) is 93.4 cm³/mol. The molecule has 0 atom stereocenters. The molecule has 1 rings (SSSR count). The third-order valence-corrected chi connectivity index (χ3v) is 8.44. The number of nitrogens with zero attached hydrogens (tertiary/aromatic N) is 1. The van der Waals surface area contributed by atoms with Crippen LogP contribution in [0.25, 0.3) is 0 Å². The zero-order valence-electron chi connectivity index (χ0n) is 14.5. The summed E-state index contributed by atoms with van der Waals surface area (Å²) in [5, 5.41) is 2.93. The molecule has 0 unspecified atom stereocenters. The number of rotatable bonds is 12. The topological polar surface area (TPSA) is 96.0 Å². The maximum absolute atomic E-state index is 13.3. The van der Waals surface area contributed by atoms with Gasteiger partial charge in [0.05, 0.1) is 26.4 Å². The lowest BCUT2D eigenvalue weighted by atomic mass is 10.4. The van der Waals surface area contributed by atoms with Crippen molar-refractivity contribution in [2.45, 2.75) is 33.2 Å². The fourth-order valence-electron chi connectivity index (χ4n) is 2.01. The van der Waals surface area contributed by atoms with Gasteiger partial charge in [-0.25, -0.2) is 0 Å². The third kappa shape index (κ3) is 5.66. The van der Waals surface area contributed by atoms with Gasteiger partial charge in [-0.2, -0.15) is 0 Å². The molecule has 0 fully saturated rings. The van der Waals surface area contributed by atoms with Gasteiger partial charge in [-0.3, -0.25) is 14.1 Å². The summed E-state index contributed by atoms with van der Waals surface area (Å²) in [6.45, 7) is 7.24. The van der Waals surface area contributed by atoms with Crippen LogP contribution in [0.5, 0.6) is 0 Å². The predicted octanol–water partition coefficient (Wildman–Crippen LogP) is 4.31. The summed E-state index contributed by atoms with van der Waals surface area (Å²) in [6.07, 6.45) is 3.11. The van der Waals surface area contributed by atoms with E-state index in [9.17, 15) is 9.13 Å². The van der Waals surface area contributed by atoms with Crippen LogP contribution in [0.15, 0.2) is 24.5 Å². The van der Waals surface area contributed by atoms with Crippen LogP contribution in [0.2, 0.25) is 0 Å². The van der Waals surface area contributed by atoms with Crippen LogP contribution in [0.3, 0.4) is 0 Å². The second-order valence-electron chi connectivity index (χ2n) is 4.50. The van der Waals surface area contributed by atoms with Gasteiger partial charge < -0.3 is 23.4 Å². The maximum Gasteiger partial charge on any atom is 0.365 e. The largest absolute Gasteiger partial charge is 0.365 e. The second kappa shape index (κ2) is 10.3. The molecule has 1 heterocycles. The smallest absolute Gasteiger partial charge is 0.362 e. The minimum absolute atomic E-state index is 0.129. The molecule has 0 saturated carbocycles. The molecule has 0 amide bonds. The minimum Gasteiger partial charge on any atom is -0.362 e. The van der Waals surface area contributed by atoms with Crippen molar-refractivity contribution < 1.29 is 27.2 Å². The minimum atomic E-state index is -3.82. The van der Waals surface area contributed by atoms with E-state index in [0.29, 0.717) is 5.69 Å². The molecule has 1 N–H and O–H groups in total. The highest BCUT2D eigenvalue weighted by Crippen LogP contribution is 2.70. The van der Waals surface area contributed by atoms with Gasteiger partial charge in [-0.1, -0.05) is 0 Å². The standard InChI is InChI=1S/C14H26N2O6P2/c1-5-19-23(17,20-6-2)14(16-13-9-11-15-12-10-13)24(18,21-7-3)22-8-4/h9-12,14H,5-8H2,1-4H3,(H,15,16). The average molecular weight is 380 g/mol. The van der Waals surface area contributed by atoms with Crippen molar-refractivity contribution >= 4 is 20.9 Å². The number of pyridine rings is 1. The summed E-state index contributed by atoms with van der Waals surface area (Å²) in [4.78, 5) is 3.92. The Hall–Kier alpha value is -0.750. The first-order valence-corrected chi connectivity index (χ1v) is 11.1. The van der Waals surface area contributed by atoms with Crippen LogP contribution in [0.4, 0.5) is 5.69 Å². The second-order valence-corrected chi connectivity index (χ2v) is 9.14. The van der Waals surface area contributed by atoms with Gasteiger partial charge in [0.1, 0.15) is 0 Å². The lowest BCUT2D eigenvalue weighted by Crippen LogP contribution is -2.25. The van der Waals surface area contributed by atoms with E-state index in [2.05, 4.69) is 10.3 Å². The average Bonchev–Trinajstić information content (AvgIpc) is 2.54. The molecule has 0 bridgehead atoms. The Morgan fingerprint density at radius 3 is 1.58 bits per heavy atom. The molecule has 0 aliphatic carbocycles. The van der Waals surface area contributed by atoms with Crippen molar-refractivity contribution in [3.63, 3.8) is 0 Å². The molecule has 0 spiro atoms. The van der Waals surface area contributed by atoms with Crippen molar-refractivity contribution in [1.82, 2.24) is 4.98 Å². The molecular formula is C14H26N2O6P2. The Bertz CT molecular complexity index is 522. The van der Waals surface area contributed by atoms with E-state index in [1.54, 1.807) is 52.2 Å². The fourth-order valence-corrected chi connectivity index (χ4v) is 6.96. The quantitative estimate of drug-likeness (QED) is 0.536. The van der Waals surface area contributed by atoms with Crippen LogP contribution >= 0.6 is 15.2 Å². The summed E-state index contributed by atoms with van der Waals surface area (Å²) < 4.78 is 48.0. The SMILES string of the molecule is CCOP(=O)(OCC)C(Nc1ccncc1)P(=O)(OCC)OCC. The molecule has 1 aromatic heterocycles. The van der Waals surface area contributed by atoms with Crippen molar-refractivity contribution in [2.24, 2.45) is 0 Å². The number of nitrogens with one attached hydrogen (secondary N) is 1. The third-order valence-electron chi connectivity index (χ3n) is 2.81. The Morgan fingerprint density at radius 1 is 0.875 bits per heavy atom. The Balaban J connectivity index is 3.32. The number of aromatic nitrogens is 1. The highest BCUT2D eigenvalue weighted by atomic mass is 31.2. The summed E-state index contributed by atoms with van der Waals surface area (Å²) in [5.41, 5.74) is -0.735. The number of anilines is 1. The van der Waals surface area contributed by atoms with E-state index in [4.69, 9.17) is 18.1 Å². The molecule has 24 heavy (non-hydrogen) atoms. The van der Waals surface area contributed by atoms with Crippen LogP contribution in [0, 0.1) is 0 Å². The molecule has 0 aromatic carbocycles. The van der Waals surface area contributed by atoms with E-state index in [-0.39, 0.29) is 26.4 Å². The molecule has 0 aliphatic heterocycles. The van der Waals surface area contributed by atoms with E-state index < -0.39 is 20.7 Å². The van der Waals surface area contributed by atoms with E-state index in [1.807, 2.05) is 0 Å². The molecule has 0 saturated heterocycles. The zero-order valence-corrected chi connectivity index (χ0v) is 16.3. The van der Waals surface area contributed by atoms with Gasteiger partial charge in [0.25, 0.3) is 0 Å². The van der Waals surface area contributed by atoms with Gasteiger partial charge >= 0.3 is 15.2 Å². The van der Waals surface area contributed by atoms with Gasteiger partial charge in [-0.15, -0.1) is 0 Å². The van der Waals surface area contributed by atoms with Crippen molar-refractivity contribution in [2.75, 3.05) is 31.7 Å². The summed E-state index contributed by atoms with van der Waals surface area (Å²) in [7, 11) is -7.64. The maximum atomic E-state index is 13.3. The highest BCUT2D eigenvalue weighted by molar-refractivity contribution is 7.72. The van der Waals surface area contributed by atoms with Crippen LogP contribution in [-0.2, 0) is 27.2 Å². The normalized spacial score (nSPS) is 12.5. The zero-order chi connectivity index (χ0) is 18.1. The Kier molecular flexibility index (Phi) is 9.13. The molecule has 10 heteroatoms. The van der Waals surface area contributed by atoms with E-state index in [1.165, 1.54) is 0 Å². The Morgan fingerprint density at radius 2 is 1.25 bits per heavy atom. The monoisotopic (exact) mass is 380 g/mol. The summed E-state index contributed by atoms with van der Waals surface area (Å²) in [6, 6.07) is 3.30. The lowest BCUT2D eigenvalue weighted by molar-refractivity contribution is 0.198. The molecular weight excluding hydrogens is 354 g/mol. The van der Waals surface area contributed by atoms with Crippen molar-refractivity contribution in [3.05, 3.63) is 24.5 Å². The fraction of sp³-hybridized carbons (Fsp3) is 0.643. The lowest BCUT2D eigenvalue weighted by Gasteiger charge is -2.32. The molecule has 138 valence electrons. The first kappa shape index (κ1) is 21.3. The van der Waals surface area contributed by atoms with Crippen molar-refractivity contribution in [1.29, 1.82) is 0 Å². The van der Waals surface area contributed by atoms with Crippen LogP contribution in [0.1, 0.15) is 27.7 Å². The first-order valence-electron chi connectivity index (χ1n) is 7.89. The molecule has 1 aromatic rings.